The first-order chi connectivity index (χ1) is 14.1. The van der Waals surface area contributed by atoms with E-state index in [0.717, 1.165) is 23.4 Å². The monoisotopic (exact) mass is 396 g/mol. The number of hydrogen-bond donors (Lipinski definition) is 2. The lowest BCUT2D eigenvalue weighted by atomic mass is 10.2. The third-order valence-electron chi connectivity index (χ3n) is 3.93. The van der Waals surface area contributed by atoms with Crippen LogP contribution in [0.2, 0.25) is 0 Å². The predicted molar refractivity (Wildman–Crippen MR) is 99.0 cm³/mol. The molecular weight excluding hydrogens is 382 g/mol. The molecule has 1 amide bonds. The first-order valence-corrected chi connectivity index (χ1v) is 8.47. The van der Waals surface area contributed by atoms with Crippen LogP contribution in [-0.4, -0.2) is 30.9 Å². The molecule has 0 saturated carbocycles. The smallest absolute Gasteiger partial charge is 0.277 e. The highest BCUT2D eigenvalue weighted by molar-refractivity contribution is 6.02. The molecule has 3 aromatic heterocycles. The van der Waals surface area contributed by atoms with Gasteiger partial charge in [0.1, 0.15) is 5.82 Å². The normalized spacial score (nSPS) is 10.7. The van der Waals surface area contributed by atoms with Crippen LogP contribution >= 0.6 is 0 Å². The summed E-state index contributed by atoms with van der Waals surface area (Å²) >= 11 is 0. The maximum atomic E-state index is 13.6. The van der Waals surface area contributed by atoms with Gasteiger partial charge in [-0.15, -0.1) is 0 Å². The lowest BCUT2D eigenvalue weighted by Crippen LogP contribution is -2.14. The van der Waals surface area contributed by atoms with Gasteiger partial charge in [-0.3, -0.25) is 14.9 Å². The van der Waals surface area contributed by atoms with E-state index < -0.39 is 17.5 Å². The summed E-state index contributed by atoms with van der Waals surface area (Å²) in [6.45, 7) is -0.148. The molecular formula is C19H14F2N6O2. The number of hydrogen-bond acceptors (Lipinski definition) is 5. The van der Waals surface area contributed by atoms with Crippen molar-refractivity contribution in [2.24, 2.45) is 0 Å². The zero-order valence-corrected chi connectivity index (χ0v) is 14.8. The van der Waals surface area contributed by atoms with Gasteiger partial charge in [0.25, 0.3) is 5.91 Å². The van der Waals surface area contributed by atoms with Gasteiger partial charge < -0.3 is 10.1 Å². The van der Waals surface area contributed by atoms with Crippen LogP contribution in [0.3, 0.4) is 0 Å². The van der Waals surface area contributed by atoms with Crippen molar-refractivity contribution in [2.45, 2.75) is 6.73 Å². The summed E-state index contributed by atoms with van der Waals surface area (Å²) in [5.41, 5.74) is 1.73. The molecule has 3 heterocycles. The Labute approximate surface area is 163 Å². The summed E-state index contributed by atoms with van der Waals surface area (Å²) in [5.74, 6) is -1.77. The van der Waals surface area contributed by atoms with E-state index in [1.54, 1.807) is 18.5 Å². The Hall–Kier alpha value is -4.08. The quantitative estimate of drug-likeness (QED) is 0.522. The number of ether oxygens (including phenoxy) is 1. The number of benzene rings is 1. The van der Waals surface area contributed by atoms with Gasteiger partial charge in [-0.1, -0.05) is 0 Å². The molecule has 0 fully saturated rings. The number of nitrogens with one attached hydrogen (secondary N) is 2. The molecule has 4 aromatic rings. The molecule has 0 aliphatic heterocycles. The molecule has 1 aromatic carbocycles. The Morgan fingerprint density at radius 2 is 1.97 bits per heavy atom. The van der Waals surface area contributed by atoms with Crippen molar-refractivity contribution in [1.29, 1.82) is 0 Å². The van der Waals surface area contributed by atoms with Crippen molar-refractivity contribution in [3.8, 4) is 17.0 Å². The number of anilines is 1. The highest BCUT2D eigenvalue weighted by Gasteiger charge is 2.13. The summed E-state index contributed by atoms with van der Waals surface area (Å²) in [7, 11) is 0. The zero-order valence-electron chi connectivity index (χ0n) is 14.8. The van der Waals surface area contributed by atoms with Crippen molar-refractivity contribution >= 4 is 11.7 Å². The third-order valence-corrected chi connectivity index (χ3v) is 3.93. The van der Waals surface area contributed by atoms with Crippen LogP contribution in [0.15, 0.2) is 61.1 Å². The van der Waals surface area contributed by atoms with Gasteiger partial charge in [0.2, 0.25) is 0 Å². The molecule has 10 heteroatoms. The average Bonchev–Trinajstić information content (AvgIpc) is 3.38. The second kappa shape index (κ2) is 7.89. The second-order valence-electron chi connectivity index (χ2n) is 5.95. The Kier molecular flexibility index (Phi) is 4.97. The summed E-state index contributed by atoms with van der Waals surface area (Å²) < 4.78 is 33.0. The van der Waals surface area contributed by atoms with Crippen LogP contribution in [0, 0.1) is 11.6 Å². The molecule has 0 saturated heterocycles. The maximum absolute atomic E-state index is 13.6. The van der Waals surface area contributed by atoms with E-state index in [-0.39, 0.29) is 18.2 Å². The molecule has 0 unspecified atom stereocenters. The molecule has 0 aliphatic carbocycles. The number of H-pyrrole nitrogens is 1. The fourth-order valence-corrected chi connectivity index (χ4v) is 2.53. The number of rotatable bonds is 6. The minimum absolute atomic E-state index is 0.118. The molecule has 4 rings (SSSR count). The minimum Gasteiger partial charge on any atom is -0.468 e. The number of carbonyl (C=O) groups is 1. The van der Waals surface area contributed by atoms with Gasteiger partial charge in [0.15, 0.2) is 29.8 Å². The van der Waals surface area contributed by atoms with E-state index in [9.17, 15) is 13.6 Å². The molecule has 0 atom stereocenters. The lowest BCUT2D eigenvalue weighted by Gasteiger charge is -2.07. The highest BCUT2D eigenvalue weighted by atomic mass is 19.1. The fourth-order valence-electron chi connectivity index (χ4n) is 2.53. The molecule has 8 nitrogen and oxygen atoms in total. The van der Waals surface area contributed by atoms with Crippen molar-refractivity contribution in [1.82, 2.24) is 25.0 Å². The van der Waals surface area contributed by atoms with Gasteiger partial charge in [-0.05, 0) is 30.3 Å². The van der Waals surface area contributed by atoms with E-state index in [1.807, 2.05) is 12.1 Å². The predicted octanol–water partition coefficient (Wildman–Crippen LogP) is 3.24. The van der Waals surface area contributed by atoms with E-state index in [0.29, 0.717) is 5.82 Å². The van der Waals surface area contributed by atoms with E-state index >= 15 is 0 Å². The number of carbonyl (C=O) groups excluding carboxylic acids is 1. The summed E-state index contributed by atoms with van der Waals surface area (Å²) in [5, 5.41) is 13.6. The number of nitrogens with zero attached hydrogens (tertiary/aromatic N) is 4. The Bertz CT molecular complexity index is 1140. The SMILES string of the molecule is O=C(Nc1cc(-c2ccncc2)[nH]n1)c1ccn(COc2ccc(F)cc2F)n1. The van der Waals surface area contributed by atoms with Crippen molar-refractivity contribution < 1.29 is 18.3 Å². The molecule has 2 N–H and O–H groups in total. The van der Waals surface area contributed by atoms with E-state index in [1.165, 1.54) is 23.0 Å². The fraction of sp³-hybridized carbons (Fsp3) is 0.0526. The average molecular weight is 396 g/mol. The van der Waals surface area contributed by atoms with Crippen molar-refractivity contribution in [3.63, 3.8) is 0 Å². The zero-order chi connectivity index (χ0) is 20.2. The van der Waals surface area contributed by atoms with Crippen LogP contribution < -0.4 is 10.1 Å². The highest BCUT2D eigenvalue weighted by Crippen LogP contribution is 2.19. The van der Waals surface area contributed by atoms with Gasteiger partial charge in [-0.2, -0.15) is 10.2 Å². The van der Waals surface area contributed by atoms with Crippen molar-refractivity contribution in [2.75, 3.05) is 5.32 Å². The molecule has 0 aliphatic rings. The number of amides is 1. The third kappa shape index (κ3) is 4.26. The van der Waals surface area contributed by atoms with Gasteiger partial charge in [0, 0.05) is 36.3 Å². The maximum Gasteiger partial charge on any atom is 0.277 e. The lowest BCUT2D eigenvalue weighted by molar-refractivity contribution is 0.101. The first-order valence-electron chi connectivity index (χ1n) is 8.47. The minimum atomic E-state index is -0.821. The summed E-state index contributed by atoms with van der Waals surface area (Å²) in [6, 6.07) is 9.78. The summed E-state index contributed by atoms with van der Waals surface area (Å²) in [6.07, 6.45) is 4.81. The summed E-state index contributed by atoms with van der Waals surface area (Å²) in [4.78, 5) is 16.3. The van der Waals surface area contributed by atoms with Crippen LogP contribution in [0.5, 0.6) is 5.75 Å². The van der Waals surface area contributed by atoms with Gasteiger partial charge in [0.05, 0.1) is 5.69 Å². The van der Waals surface area contributed by atoms with Gasteiger partial charge in [-0.25, -0.2) is 13.5 Å². The van der Waals surface area contributed by atoms with Crippen LogP contribution in [-0.2, 0) is 6.73 Å². The van der Waals surface area contributed by atoms with Crippen molar-refractivity contribution in [3.05, 3.63) is 78.4 Å². The Morgan fingerprint density at radius 1 is 1.14 bits per heavy atom. The van der Waals surface area contributed by atoms with E-state index in [4.69, 9.17) is 4.74 Å². The Morgan fingerprint density at radius 3 is 2.76 bits per heavy atom. The standard InChI is InChI=1S/C19H14F2N6O2/c20-13-1-2-17(14(21)9-13)29-11-27-8-5-15(26-27)19(28)23-18-10-16(24-25-18)12-3-6-22-7-4-12/h1-10H,11H2,(H2,23,24,25,28). The van der Waals surface area contributed by atoms with Crippen LogP contribution in [0.4, 0.5) is 14.6 Å². The van der Waals surface area contributed by atoms with E-state index in [2.05, 4.69) is 25.6 Å². The number of aromatic amines is 1. The molecule has 29 heavy (non-hydrogen) atoms. The molecule has 146 valence electrons. The molecule has 0 bridgehead atoms. The number of aromatic nitrogens is 5. The Balaban J connectivity index is 1.38. The second-order valence-corrected chi connectivity index (χ2v) is 5.95. The first kappa shape index (κ1) is 18.3. The molecule has 0 radical (unpaired) electrons. The van der Waals surface area contributed by atoms with Crippen LogP contribution in [0.1, 0.15) is 10.5 Å². The number of pyridine rings is 1. The number of halogens is 2. The molecule has 0 spiro atoms. The van der Waals surface area contributed by atoms with Gasteiger partial charge >= 0.3 is 0 Å². The topological polar surface area (TPSA) is 97.7 Å². The largest absolute Gasteiger partial charge is 0.468 e. The van der Waals surface area contributed by atoms with Crippen LogP contribution in [0.25, 0.3) is 11.3 Å².